The van der Waals surface area contributed by atoms with Crippen LogP contribution in [0.15, 0.2) is 70.7 Å². The highest BCUT2D eigenvalue weighted by molar-refractivity contribution is 7.12. The Hall–Kier alpha value is -4.96. The largest absolute Gasteiger partial charge is 0.282 e. The van der Waals surface area contributed by atoms with Gasteiger partial charge in [-0.05, 0) is 114 Å². The van der Waals surface area contributed by atoms with E-state index in [4.69, 9.17) is 0 Å². The molecule has 0 radical (unpaired) electrons. The molecule has 0 amide bonds. The third-order valence-corrected chi connectivity index (χ3v) is 23.9. The Morgan fingerprint density at radius 3 is 1.27 bits per heavy atom. The summed E-state index contributed by atoms with van der Waals surface area (Å²) in [6.07, 6.45) is 21.0. The Labute approximate surface area is 613 Å². The molecule has 20 heteroatoms. The van der Waals surface area contributed by atoms with Crippen molar-refractivity contribution in [3.8, 4) is 0 Å². The zero-order valence-corrected chi connectivity index (χ0v) is 69.3. The van der Waals surface area contributed by atoms with E-state index in [1.165, 1.54) is 122 Å². The Morgan fingerprint density at radius 1 is 0.423 bits per heavy atom. The summed E-state index contributed by atoms with van der Waals surface area (Å²) in [5.74, 6) is 8.31. The number of rotatable bonds is 16. The monoisotopic (exact) mass is 1450 g/mol. The van der Waals surface area contributed by atoms with Crippen LogP contribution in [0.3, 0.4) is 0 Å². The van der Waals surface area contributed by atoms with Crippen LogP contribution < -0.4 is 0 Å². The van der Waals surface area contributed by atoms with Gasteiger partial charge in [0, 0.05) is 143 Å². The van der Waals surface area contributed by atoms with E-state index in [-0.39, 0.29) is 0 Å². The molecule has 0 aliphatic heterocycles. The molecule has 3 aliphatic carbocycles. The second kappa shape index (κ2) is 44.3. The topological polar surface area (TPSA) is 176 Å². The third kappa shape index (κ3) is 32.9. The summed E-state index contributed by atoms with van der Waals surface area (Å²) < 4.78 is 0. The van der Waals surface area contributed by atoms with Crippen LogP contribution in [0.5, 0.6) is 0 Å². The van der Waals surface area contributed by atoms with E-state index in [2.05, 4.69) is 266 Å². The minimum Gasteiger partial charge on any atom is -0.282 e. The van der Waals surface area contributed by atoms with Gasteiger partial charge in [-0.15, -0.1) is 79.4 Å². The highest BCUT2D eigenvalue weighted by atomic mass is 32.1. The van der Waals surface area contributed by atoms with Crippen LogP contribution in [0.1, 0.15) is 370 Å². The van der Waals surface area contributed by atoms with Crippen LogP contribution >= 0.6 is 79.4 Å². The van der Waals surface area contributed by atoms with Crippen molar-refractivity contribution in [1.82, 2.24) is 65.5 Å². The first-order valence-electron chi connectivity index (χ1n) is 35.7. The number of thiazole rings is 7. The average Bonchev–Trinajstić information content (AvgIpc) is 1.71. The first kappa shape index (κ1) is 84.5. The van der Waals surface area contributed by atoms with Gasteiger partial charge in [0.2, 0.25) is 0 Å². The molecule has 13 rings (SSSR count). The highest BCUT2D eigenvalue weighted by Gasteiger charge is 2.28. The lowest BCUT2D eigenvalue weighted by molar-refractivity contribution is 0.808. The fourth-order valence-electron chi connectivity index (χ4n) is 8.25. The lowest BCUT2D eigenvalue weighted by atomic mass is 10.1. The van der Waals surface area contributed by atoms with Crippen molar-refractivity contribution in [2.75, 3.05) is 0 Å². The Bertz CT molecular complexity index is 3190. The molecule has 0 atom stereocenters. The van der Waals surface area contributed by atoms with Gasteiger partial charge in [0.25, 0.3) is 0 Å². The molecule has 10 heterocycles. The second-order valence-corrected chi connectivity index (χ2v) is 35.2. The standard InChI is InChI=1S/C9H14N2.2C9H13NS.C8H14N2.2C8H13NS.2C7H11NS.C6H10N2.C6H9NS/c1-6(2)8-5-9(11-10-8)7-3-4-7;1-6(2)9-10-8(5-11-9)7-3-4-7;1-6(2)9-10-5-8(11-9)7-3-4-7;1-4-7-5-8(6(2)3)10-9-7;1-4-7-5-10-8(9-7)6(2)3;1-4-7-5-9-8(10-7)6(2)3;1-5(2)7-8-6(3)4-9-7;1-5(2)7-8-4-6(3)9-7;1-5(2)6-3-4-7-8-6;1-5(2)6-7-3-4-8-6/h5-7H,3-4H2,1-2H3,(H,10,11);2*5-7H,3-4H2,1-2H3;5-6H,4H2,1-3H3,(H,9,10);2*5-6H,4H2,1-3H3;2*4-5H,1-3H3;3-5H,1-2H3,(H,7,8);3-5H,1-2H3. The van der Waals surface area contributed by atoms with E-state index >= 15 is 0 Å². The van der Waals surface area contributed by atoms with Crippen LogP contribution in [0.2, 0.25) is 0 Å². The predicted octanol–water partition coefficient (Wildman–Crippen LogP) is 25.4. The first-order chi connectivity index (χ1) is 46.0. The molecular weight excluding hydrogens is 1330 g/mol. The zero-order valence-electron chi connectivity index (χ0n) is 63.6. The summed E-state index contributed by atoms with van der Waals surface area (Å²) in [4.78, 5) is 34.6. The number of aryl methyl sites for hydroxylation is 5. The fourth-order valence-corrected chi connectivity index (χ4v) is 14.3. The van der Waals surface area contributed by atoms with Gasteiger partial charge in [-0.25, -0.2) is 34.9 Å². The molecular formula is C77H121N13S7. The summed E-state index contributed by atoms with van der Waals surface area (Å²) in [7, 11) is 0. The van der Waals surface area contributed by atoms with Crippen molar-refractivity contribution in [3.63, 3.8) is 0 Å². The molecule has 3 N–H and O–H groups in total. The number of nitrogens with zero attached hydrogens (tertiary/aromatic N) is 10. The van der Waals surface area contributed by atoms with Crippen molar-refractivity contribution < 1.29 is 0 Å². The highest BCUT2D eigenvalue weighted by Crippen LogP contribution is 2.44. The Balaban J connectivity index is 0.000000230. The number of hydrogen-bond acceptors (Lipinski definition) is 17. The van der Waals surface area contributed by atoms with Gasteiger partial charge >= 0.3 is 0 Å². The zero-order chi connectivity index (χ0) is 71.9. The maximum absolute atomic E-state index is 4.59. The van der Waals surface area contributed by atoms with Crippen molar-refractivity contribution >= 4 is 79.4 Å². The maximum Gasteiger partial charge on any atom is 0.0953 e. The van der Waals surface area contributed by atoms with Crippen molar-refractivity contribution in [3.05, 3.63) is 166 Å². The Kier molecular flexibility index (Phi) is 38.6. The lowest BCUT2D eigenvalue weighted by Gasteiger charge is -1.95. The van der Waals surface area contributed by atoms with Gasteiger partial charge < -0.3 is 0 Å². The van der Waals surface area contributed by atoms with Gasteiger partial charge in [-0.2, -0.15) is 15.3 Å². The van der Waals surface area contributed by atoms with Gasteiger partial charge in [0.1, 0.15) is 0 Å². The fraction of sp³-hybridized carbons (Fsp3) is 0.610. The summed E-state index contributed by atoms with van der Waals surface area (Å²) in [6, 6.07) is 6.33. The van der Waals surface area contributed by atoms with Gasteiger partial charge in [0.05, 0.1) is 57.8 Å². The third-order valence-electron chi connectivity index (χ3n) is 15.1. The SMILES string of the molecule is CC(C)c1cc(C2CC2)[nH]n1.CC(C)c1ccn[nH]1.CC(C)c1nc(C2CC2)cs1.CC(C)c1ncc(C2CC2)s1.CC(C)c1nccs1.CCc1cc(C(C)C)n[nH]1.CCc1cnc(C(C)C)s1.CCc1csc(C(C)C)n1.Cc1cnc(C(C)C)s1.Cc1csc(C(C)C)n1. The molecule has 97 heavy (non-hydrogen) atoms. The van der Waals surface area contributed by atoms with Crippen molar-refractivity contribution in [1.29, 1.82) is 0 Å². The average molecular weight is 1450 g/mol. The summed E-state index contributed by atoms with van der Waals surface area (Å²) in [6.45, 7) is 53.9. The lowest BCUT2D eigenvalue weighted by Crippen LogP contribution is -1.86. The quantitative estimate of drug-likeness (QED) is 0.0844. The van der Waals surface area contributed by atoms with Crippen LogP contribution in [-0.2, 0) is 19.3 Å². The number of H-pyrrole nitrogens is 3. The molecule has 0 aromatic carbocycles. The first-order valence-corrected chi connectivity index (χ1v) is 41.6. The number of aromatic nitrogens is 13. The maximum atomic E-state index is 4.59. The van der Waals surface area contributed by atoms with E-state index < -0.39 is 0 Å². The smallest absolute Gasteiger partial charge is 0.0953 e. The van der Waals surface area contributed by atoms with Crippen LogP contribution in [-0.4, -0.2) is 65.5 Å². The van der Waals surface area contributed by atoms with Gasteiger partial charge in [0.15, 0.2) is 0 Å². The number of aromatic amines is 3. The second-order valence-electron chi connectivity index (χ2n) is 28.1. The van der Waals surface area contributed by atoms with Crippen LogP contribution in [0.4, 0.5) is 0 Å². The predicted molar refractivity (Wildman–Crippen MR) is 425 cm³/mol. The van der Waals surface area contributed by atoms with E-state index in [9.17, 15) is 0 Å². The van der Waals surface area contributed by atoms with E-state index in [1.54, 1.807) is 51.5 Å². The van der Waals surface area contributed by atoms with Crippen LogP contribution in [0.25, 0.3) is 0 Å². The van der Waals surface area contributed by atoms with Gasteiger partial charge in [-0.1, -0.05) is 159 Å². The molecule has 10 aromatic rings. The normalized spacial score (nSPS) is 13.1. The summed E-state index contributed by atoms with van der Waals surface area (Å²) >= 11 is 12.6. The van der Waals surface area contributed by atoms with Crippen molar-refractivity contribution in [2.24, 2.45) is 0 Å². The molecule has 3 aliphatic rings. The number of hydrogen-bond donors (Lipinski definition) is 3. The Morgan fingerprint density at radius 2 is 0.938 bits per heavy atom. The molecule has 13 nitrogen and oxygen atoms in total. The van der Waals surface area contributed by atoms with E-state index in [1.807, 2.05) is 71.0 Å². The van der Waals surface area contributed by atoms with E-state index in [0.717, 1.165) is 48.4 Å². The van der Waals surface area contributed by atoms with Gasteiger partial charge in [-0.3, -0.25) is 15.3 Å². The molecule has 536 valence electrons. The summed E-state index contributed by atoms with van der Waals surface area (Å²) in [5.41, 5.74) is 9.85. The summed E-state index contributed by atoms with van der Waals surface area (Å²) in [5, 5.41) is 38.5. The molecule has 0 saturated heterocycles. The minimum absolute atomic E-state index is 0.538. The van der Waals surface area contributed by atoms with E-state index in [0.29, 0.717) is 59.2 Å². The molecule has 3 fully saturated rings. The van der Waals surface area contributed by atoms with Crippen molar-refractivity contribution in [2.45, 2.75) is 308 Å². The molecule has 0 spiro atoms. The minimum atomic E-state index is 0.538. The number of nitrogens with one attached hydrogen (secondary N) is 3. The molecule has 0 bridgehead atoms. The van der Waals surface area contributed by atoms with Crippen LogP contribution in [0, 0.1) is 13.8 Å². The molecule has 0 unspecified atom stereocenters. The molecule has 10 aromatic heterocycles. The molecule has 3 saturated carbocycles.